The molecule has 1 atom stereocenters. The number of carbonyl (C=O) groups is 2. The number of carbonyl (C=O) groups excluding carboxylic acids is 2. The molecule has 0 heterocycles. The number of hydrogen-bond donors (Lipinski definition) is 1. The molecule has 2 amide bonds. The smallest absolute Gasteiger partial charge is 0.244 e. The van der Waals surface area contributed by atoms with Gasteiger partial charge in [0.05, 0.1) is 25.7 Å². The van der Waals surface area contributed by atoms with Crippen LogP contribution in [-0.2, 0) is 26.2 Å². The fraction of sp³-hybridized carbons (Fsp3) is 0.391. The normalized spacial score (nSPS) is 11.9. The Hall–Kier alpha value is -3.27. The minimum absolute atomic E-state index is 0.103. The van der Waals surface area contributed by atoms with Crippen LogP contribution in [-0.4, -0.2) is 64.7 Å². The van der Waals surface area contributed by atoms with Crippen molar-refractivity contribution >= 4 is 27.5 Å². The highest BCUT2D eigenvalue weighted by molar-refractivity contribution is 7.92. The number of hydrogen-bond acceptors (Lipinski definition) is 6. The summed E-state index contributed by atoms with van der Waals surface area (Å²) in [6.45, 7) is 3.56. The van der Waals surface area contributed by atoms with E-state index >= 15 is 0 Å². The molecule has 1 unspecified atom stereocenters. The van der Waals surface area contributed by atoms with E-state index in [0.29, 0.717) is 23.8 Å². The number of amides is 2. The molecule has 0 bridgehead atoms. The molecule has 0 saturated carbocycles. The first-order valence-electron chi connectivity index (χ1n) is 10.4. The SMILES string of the molecule is CCOc1ccc(N(CC(=O)N(Cc2cccc(OC)c2)C(C)C(=O)NC)S(C)(=O)=O)cc1. The summed E-state index contributed by atoms with van der Waals surface area (Å²) in [5.41, 5.74) is 1.06. The second-order valence-corrected chi connectivity index (χ2v) is 9.27. The number of anilines is 1. The van der Waals surface area contributed by atoms with Crippen molar-refractivity contribution in [2.75, 3.05) is 37.9 Å². The van der Waals surface area contributed by atoms with Gasteiger partial charge in [0.25, 0.3) is 0 Å². The predicted molar refractivity (Wildman–Crippen MR) is 127 cm³/mol. The second kappa shape index (κ2) is 11.6. The maximum absolute atomic E-state index is 13.3. The minimum atomic E-state index is -3.78. The molecule has 180 valence electrons. The molecule has 10 heteroatoms. The van der Waals surface area contributed by atoms with Crippen molar-refractivity contribution in [3.05, 3.63) is 54.1 Å². The van der Waals surface area contributed by atoms with Crippen LogP contribution in [0.25, 0.3) is 0 Å². The number of nitrogens with zero attached hydrogens (tertiary/aromatic N) is 2. The largest absolute Gasteiger partial charge is 0.497 e. The van der Waals surface area contributed by atoms with Crippen LogP contribution in [0.3, 0.4) is 0 Å². The van der Waals surface area contributed by atoms with Gasteiger partial charge in [-0.3, -0.25) is 13.9 Å². The fourth-order valence-corrected chi connectivity index (χ4v) is 4.10. The number of rotatable bonds is 11. The summed E-state index contributed by atoms with van der Waals surface area (Å²) in [6.07, 6.45) is 1.03. The molecule has 33 heavy (non-hydrogen) atoms. The Bertz CT molecular complexity index is 1060. The summed E-state index contributed by atoms with van der Waals surface area (Å²) in [5, 5.41) is 2.54. The van der Waals surface area contributed by atoms with Gasteiger partial charge in [0.1, 0.15) is 24.1 Å². The van der Waals surface area contributed by atoms with E-state index in [2.05, 4.69) is 5.32 Å². The maximum Gasteiger partial charge on any atom is 0.244 e. The standard InChI is InChI=1S/C23H31N3O6S/c1-6-32-20-12-10-19(11-13-20)26(33(5,29)30)16-22(27)25(17(2)23(28)24-3)15-18-8-7-9-21(14-18)31-4/h7-14,17H,6,15-16H2,1-5H3,(H,24,28). The number of methoxy groups -OCH3 is 1. The van der Waals surface area contributed by atoms with Crippen molar-refractivity contribution < 1.29 is 27.5 Å². The number of sulfonamides is 1. The van der Waals surface area contributed by atoms with E-state index in [4.69, 9.17) is 9.47 Å². The molecule has 0 radical (unpaired) electrons. The van der Waals surface area contributed by atoms with E-state index < -0.39 is 28.5 Å². The van der Waals surface area contributed by atoms with Crippen molar-refractivity contribution in [1.29, 1.82) is 0 Å². The first-order valence-corrected chi connectivity index (χ1v) is 12.3. The van der Waals surface area contributed by atoms with Gasteiger partial charge >= 0.3 is 0 Å². The summed E-state index contributed by atoms with van der Waals surface area (Å²) in [7, 11) is -0.763. The van der Waals surface area contributed by atoms with Crippen LogP contribution in [0.4, 0.5) is 5.69 Å². The highest BCUT2D eigenvalue weighted by atomic mass is 32.2. The average Bonchev–Trinajstić information content (AvgIpc) is 2.80. The zero-order valence-corrected chi connectivity index (χ0v) is 20.4. The maximum atomic E-state index is 13.3. The van der Waals surface area contributed by atoms with E-state index in [0.717, 1.165) is 16.1 Å². The van der Waals surface area contributed by atoms with E-state index in [-0.39, 0.29) is 12.5 Å². The monoisotopic (exact) mass is 477 g/mol. The summed E-state index contributed by atoms with van der Waals surface area (Å²) >= 11 is 0. The van der Waals surface area contributed by atoms with Gasteiger partial charge in [-0.25, -0.2) is 8.42 Å². The predicted octanol–water partition coefficient (Wildman–Crippen LogP) is 2.02. The van der Waals surface area contributed by atoms with Crippen LogP contribution in [0.15, 0.2) is 48.5 Å². The summed E-state index contributed by atoms with van der Waals surface area (Å²) in [6, 6.07) is 12.7. The van der Waals surface area contributed by atoms with Gasteiger partial charge in [-0.1, -0.05) is 12.1 Å². The van der Waals surface area contributed by atoms with Gasteiger partial charge in [0.15, 0.2) is 0 Å². The number of ether oxygens (including phenoxy) is 2. The third kappa shape index (κ3) is 7.11. The van der Waals surface area contributed by atoms with Crippen molar-refractivity contribution in [3.63, 3.8) is 0 Å². The van der Waals surface area contributed by atoms with Gasteiger partial charge in [-0.2, -0.15) is 0 Å². The molecular formula is C23H31N3O6S. The molecule has 0 fully saturated rings. The zero-order valence-electron chi connectivity index (χ0n) is 19.6. The fourth-order valence-electron chi connectivity index (χ4n) is 3.25. The third-order valence-electron chi connectivity index (χ3n) is 5.02. The second-order valence-electron chi connectivity index (χ2n) is 7.36. The lowest BCUT2D eigenvalue weighted by Gasteiger charge is -2.31. The van der Waals surface area contributed by atoms with Crippen LogP contribution in [0, 0.1) is 0 Å². The number of benzene rings is 2. The van der Waals surface area contributed by atoms with Gasteiger partial charge in [-0.15, -0.1) is 0 Å². The number of likely N-dealkylation sites (N-methyl/N-ethyl adjacent to an activating group) is 1. The number of nitrogens with one attached hydrogen (secondary N) is 1. The Morgan fingerprint density at radius 3 is 2.30 bits per heavy atom. The van der Waals surface area contributed by atoms with Crippen LogP contribution < -0.4 is 19.1 Å². The quantitative estimate of drug-likeness (QED) is 0.531. The van der Waals surface area contributed by atoms with Crippen LogP contribution in [0.1, 0.15) is 19.4 Å². The van der Waals surface area contributed by atoms with Crippen molar-refractivity contribution in [1.82, 2.24) is 10.2 Å². The third-order valence-corrected chi connectivity index (χ3v) is 6.16. The lowest BCUT2D eigenvalue weighted by atomic mass is 10.1. The highest BCUT2D eigenvalue weighted by Crippen LogP contribution is 2.23. The molecule has 0 spiro atoms. The van der Waals surface area contributed by atoms with Crippen molar-refractivity contribution in [2.45, 2.75) is 26.4 Å². The first kappa shape index (κ1) is 26.0. The Balaban J connectivity index is 2.36. The van der Waals surface area contributed by atoms with E-state index in [1.807, 2.05) is 6.92 Å². The van der Waals surface area contributed by atoms with Crippen molar-refractivity contribution in [3.8, 4) is 11.5 Å². The molecule has 9 nitrogen and oxygen atoms in total. The topological polar surface area (TPSA) is 105 Å². The summed E-state index contributed by atoms with van der Waals surface area (Å²) < 4.78 is 36.7. The molecule has 2 rings (SSSR count). The lowest BCUT2D eigenvalue weighted by molar-refractivity contribution is -0.139. The first-order chi connectivity index (χ1) is 15.6. The molecule has 0 aliphatic rings. The summed E-state index contributed by atoms with van der Waals surface area (Å²) in [5.74, 6) is 0.319. The Kier molecular flexibility index (Phi) is 9.10. The Morgan fingerprint density at radius 1 is 1.09 bits per heavy atom. The minimum Gasteiger partial charge on any atom is -0.497 e. The average molecular weight is 478 g/mol. The van der Waals surface area contributed by atoms with Crippen LogP contribution in [0.2, 0.25) is 0 Å². The molecule has 2 aromatic carbocycles. The van der Waals surface area contributed by atoms with E-state index in [1.165, 1.54) is 19.1 Å². The Labute approximate surface area is 195 Å². The van der Waals surface area contributed by atoms with Crippen LogP contribution >= 0.6 is 0 Å². The molecule has 0 aliphatic carbocycles. The molecule has 1 N–H and O–H groups in total. The zero-order chi connectivity index (χ0) is 24.6. The van der Waals surface area contributed by atoms with E-state index in [1.54, 1.807) is 55.5 Å². The highest BCUT2D eigenvalue weighted by Gasteiger charge is 2.29. The Morgan fingerprint density at radius 2 is 1.76 bits per heavy atom. The lowest BCUT2D eigenvalue weighted by Crippen LogP contribution is -2.50. The van der Waals surface area contributed by atoms with Gasteiger partial charge in [0.2, 0.25) is 21.8 Å². The molecule has 2 aromatic rings. The van der Waals surface area contributed by atoms with Gasteiger partial charge < -0.3 is 19.7 Å². The molecule has 0 aliphatic heterocycles. The van der Waals surface area contributed by atoms with Gasteiger partial charge in [0, 0.05) is 13.6 Å². The van der Waals surface area contributed by atoms with E-state index in [9.17, 15) is 18.0 Å². The molecule has 0 saturated heterocycles. The summed E-state index contributed by atoms with van der Waals surface area (Å²) in [4.78, 5) is 27.0. The molecule has 0 aromatic heterocycles. The molecular weight excluding hydrogens is 446 g/mol. The van der Waals surface area contributed by atoms with Gasteiger partial charge in [-0.05, 0) is 55.8 Å². The van der Waals surface area contributed by atoms with Crippen molar-refractivity contribution in [2.24, 2.45) is 0 Å². The van der Waals surface area contributed by atoms with Crippen LogP contribution in [0.5, 0.6) is 11.5 Å².